The third kappa shape index (κ3) is 5.39. The van der Waals surface area contributed by atoms with Crippen molar-refractivity contribution in [2.45, 2.75) is 43.9 Å². The van der Waals surface area contributed by atoms with Gasteiger partial charge in [-0.15, -0.1) is 0 Å². The summed E-state index contributed by atoms with van der Waals surface area (Å²) >= 11 is 0. The van der Waals surface area contributed by atoms with Crippen LogP contribution in [0.2, 0.25) is 0 Å². The van der Waals surface area contributed by atoms with Crippen LogP contribution in [0.15, 0.2) is 49.2 Å². The first-order valence-electron chi connectivity index (χ1n) is 13.1. The number of nitrogens with two attached hydrogens (primary N) is 1. The predicted octanol–water partition coefficient (Wildman–Crippen LogP) is 2.90. The third-order valence-corrected chi connectivity index (χ3v) is 7.23. The lowest BCUT2D eigenvalue weighted by atomic mass is 10.1. The van der Waals surface area contributed by atoms with Gasteiger partial charge in [0.1, 0.15) is 29.6 Å². The van der Waals surface area contributed by atoms with E-state index in [1.807, 2.05) is 29.3 Å². The largest absolute Gasteiger partial charge is 0.490 e. The SMILES string of the molecule is NCC(CN1CCC(Oc2cc(F)cc(C(=O)NC3CC3)c2)CC1)n1cc(-c2ncnc3[nH]ccc23)cn1. The van der Waals surface area contributed by atoms with Gasteiger partial charge in [0, 0.05) is 67.2 Å². The maximum atomic E-state index is 14.2. The molecule has 198 valence electrons. The van der Waals surface area contributed by atoms with Crippen molar-refractivity contribution in [2.24, 2.45) is 5.73 Å². The number of hydrogen-bond acceptors (Lipinski definition) is 7. The maximum absolute atomic E-state index is 14.2. The Bertz CT molecular complexity index is 1420. The summed E-state index contributed by atoms with van der Waals surface area (Å²) in [6.45, 7) is 2.88. The molecule has 1 amide bonds. The molecule has 2 aliphatic rings. The van der Waals surface area contributed by atoms with Crippen LogP contribution in [0, 0.1) is 5.82 Å². The number of hydrogen-bond donors (Lipinski definition) is 3. The highest BCUT2D eigenvalue weighted by Gasteiger charge is 2.26. The minimum absolute atomic E-state index is 0.0144. The summed E-state index contributed by atoms with van der Waals surface area (Å²) < 4.78 is 22.2. The molecular formula is C27H31FN8O2. The number of benzene rings is 1. The summed E-state index contributed by atoms with van der Waals surface area (Å²) in [5, 5.41) is 8.44. The molecule has 1 saturated carbocycles. The molecule has 4 aromatic rings. The highest BCUT2D eigenvalue weighted by molar-refractivity contribution is 5.95. The van der Waals surface area contributed by atoms with Crippen LogP contribution in [-0.4, -0.2) is 73.9 Å². The number of amides is 1. The van der Waals surface area contributed by atoms with Gasteiger partial charge in [-0.05, 0) is 43.9 Å². The number of ether oxygens (including phenoxy) is 1. The Morgan fingerprint density at radius 2 is 2.05 bits per heavy atom. The molecule has 0 radical (unpaired) electrons. The van der Waals surface area contributed by atoms with Gasteiger partial charge in [-0.25, -0.2) is 14.4 Å². The molecule has 2 fully saturated rings. The van der Waals surface area contributed by atoms with Gasteiger partial charge in [-0.1, -0.05) is 0 Å². The van der Waals surface area contributed by atoms with E-state index in [-0.39, 0.29) is 24.1 Å². The minimum Gasteiger partial charge on any atom is -0.490 e. The topological polar surface area (TPSA) is 127 Å². The number of likely N-dealkylation sites (tertiary alicyclic amines) is 1. The number of halogens is 1. The van der Waals surface area contributed by atoms with Crippen LogP contribution in [-0.2, 0) is 0 Å². The molecule has 1 aromatic carbocycles. The van der Waals surface area contributed by atoms with Crippen molar-refractivity contribution in [3.63, 3.8) is 0 Å². The number of piperidine rings is 1. The zero-order valence-corrected chi connectivity index (χ0v) is 21.0. The molecule has 0 bridgehead atoms. The Hall–Kier alpha value is -3.83. The summed E-state index contributed by atoms with van der Waals surface area (Å²) in [4.78, 5) is 26.5. The van der Waals surface area contributed by atoms with Crippen molar-refractivity contribution in [1.82, 2.24) is 34.9 Å². The molecule has 4 heterocycles. The number of fused-ring (bicyclic) bond motifs is 1. The summed E-state index contributed by atoms with van der Waals surface area (Å²) in [7, 11) is 0. The average molecular weight is 519 g/mol. The normalized spacial score (nSPS) is 17.5. The second kappa shape index (κ2) is 10.5. The van der Waals surface area contributed by atoms with E-state index in [4.69, 9.17) is 10.5 Å². The Kier molecular flexibility index (Phi) is 6.77. The number of carbonyl (C=O) groups excluding carboxylic acids is 1. The first kappa shape index (κ1) is 24.5. The van der Waals surface area contributed by atoms with E-state index < -0.39 is 5.82 Å². The molecule has 11 heteroatoms. The fourth-order valence-electron chi connectivity index (χ4n) is 4.99. The second-order valence-electron chi connectivity index (χ2n) is 10.1. The van der Waals surface area contributed by atoms with Crippen molar-refractivity contribution >= 4 is 16.9 Å². The van der Waals surface area contributed by atoms with Crippen LogP contribution in [0.4, 0.5) is 4.39 Å². The lowest BCUT2D eigenvalue weighted by Crippen LogP contribution is -2.42. The molecule has 0 spiro atoms. The van der Waals surface area contributed by atoms with Gasteiger partial charge in [0.15, 0.2) is 0 Å². The zero-order chi connectivity index (χ0) is 26.1. The molecule has 10 nitrogen and oxygen atoms in total. The number of H-pyrrole nitrogens is 1. The molecule has 38 heavy (non-hydrogen) atoms. The quantitative estimate of drug-likeness (QED) is 0.311. The van der Waals surface area contributed by atoms with Crippen molar-refractivity contribution in [2.75, 3.05) is 26.2 Å². The van der Waals surface area contributed by atoms with Gasteiger partial charge in [-0.2, -0.15) is 5.10 Å². The highest BCUT2D eigenvalue weighted by Crippen LogP contribution is 2.26. The number of aromatic nitrogens is 5. The van der Waals surface area contributed by atoms with E-state index >= 15 is 0 Å². The van der Waals surface area contributed by atoms with Gasteiger partial charge in [0.2, 0.25) is 0 Å². The molecule has 3 aromatic heterocycles. The monoisotopic (exact) mass is 518 g/mol. The first-order chi connectivity index (χ1) is 18.6. The van der Waals surface area contributed by atoms with E-state index in [9.17, 15) is 9.18 Å². The standard InChI is InChI=1S/C27H31FN8O2/c28-19-9-17(27(37)34-20-1-2-20)10-23(11-19)38-22-4-7-35(8-5-22)15-21(12-29)36-14-18(13-33-36)25-24-3-6-30-26(24)32-16-31-25/h3,6,9-11,13-14,16,20-22H,1-2,4-5,7-8,12,15,29H2,(H,34,37)(H,30,31,32). The second-order valence-corrected chi connectivity index (χ2v) is 10.1. The van der Waals surface area contributed by atoms with Crippen LogP contribution in [0.1, 0.15) is 42.1 Å². The average Bonchev–Trinajstić information content (AvgIpc) is 3.38. The molecule has 1 unspecified atom stereocenters. The van der Waals surface area contributed by atoms with Crippen LogP contribution in [0.25, 0.3) is 22.3 Å². The predicted molar refractivity (Wildman–Crippen MR) is 140 cm³/mol. The molecule has 1 saturated heterocycles. The van der Waals surface area contributed by atoms with E-state index in [1.165, 1.54) is 12.1 Å². The fraction of sp³-hybridized carbons (Fsp3) is 0.407. The Balaban J connectivity index is 1.05. The summed E-state index contributed by atoms with van der Waals surface area (Å²) in [6.07, 6.45) is 10.7. The van der Waals surface area contributed by atoms with Gasteiger partial charge < -0.3 is 25.7 Å². The van der Waals surface area contributed by atoms with Gasteiger partial charge >= 0.3 is 0 Å². The van der Waals surface area contributed by atoms with E-state index in [0.717, 1.165) is 67.6 Å². The number of carbonyl (C=O) groups is 1. The molecule has 1 atom stereocenters. The van der Waals surface area contributed by atoms with Gasteiger partial charge in [0.25, 0.3) is 5.91 Å². The number of aromatic amines is 1. The first-order valence-corrected chi connectivity index (χ1v) is 13.1. The van der Waals surface area contributed by atoms with Crippen LogP contribution < -0.4 is 15.8 Å². The maximum Gasteiger partial charge on any atom is 0.251 e. The Morgan fingerprint density at radius 3 is 2.84 bits per heavy atom. The van der Waals surface area contributed by atoms with Crippen LogP contribution in [0.3, 0.4) is 0 Å². The van der Waals surface area contributed by atoms with Crippen LogP contribution in [0.5, 0.6) is 5.75 Å². The lowest BCUT2D eigenvalue weighted by molar-refractivity contribution is 0.0902. The van der Waals surface area contributed by atoms with Gasteiger partial charge in [0.05, 0.1) is 17.9 Å². The van der Waals surface area contributed by atoms with Crippen molar-refractivity contribution in [3.8, 4) is 17.0 Å². The van der Waals surface area contributed by atoms with E-state index in [1.54, 1.807) is 12.4 Å². The summed E-state index contributed by atoms with van der Waals surface area (Å²) in [5.41, 5.74) is 8.99. The van der Waals surface area contributed by atoms with E-state index in [0.29, 0.717) is 17.9 Å². The lowest BCUT2D eigenvalue weighted by Gasteiger charge is -2.34. The summed E-state index contributed by atoms with van der Waals surface area (Å²) in [6, 6.07) is 6.42. The number of nitrogens with one attached hydrogen (secondary N) is 2. The molecular weight excluding hydrogens is 487 g/mol. The van der Waals surface area contributed by atoms with Crippen molar-refractivity contribution < 1.29 is 13.9 Å². The minimum atomic E-state index is -0.468. The third-order valence-electron chi connectivity index (χ3n) is 7.23. The van der Waals surface area contributed by atoms with Crippen LogP contribution >= 0.6 is 0 Å². The number of rotatable bonds is 9. The van der Waals surface area contributed by atoms with Crippen molar-refractivity contribution in [1.29, 1.82) is 0 Å². The molecule has 1 aliphatic carbocycles. The fourth-order valence-corrected chi connectivity index (χ4v) is 4.99. The van der Waals surface area contributed by atoms with E-state index in [2.05, 4.69) is 30.3 Å². The summed E-state index contributed by atoms with van der Waals surface area (Å²) in [5.74, 6) is -0.322. The number of nitrogens with zero attached hydrogens (tertiary/aromatic N) is 5. The van der Waals surface area contributed by atoms with Gasteiger partial charge in [-0.3, -0.25) is 9.48 Å². The molecule has 6 rings (SSSR count). The smallest absolute Gasteiger partial charge is 0.251 e. The van der Waals surface area contributed by atoms with Crippen molar-refractivity contribution in [3.05, 3.63) is 60.6 Å². The zero-order valence-electron chi connectivity index (χ0n) is 21.0. The Labute approximate surface area is 219 Å². The molecule has 1 aliphatic heterocycles. The molecule has 4 N–H and O–H groups in total. The highest BCUT2D eigenvalue weighted by atomic mass is 19.1. The Morgan fingerprint density at radius 1 is 1.21 bits per heavy atom.